The Bertz CT molecular complexity index is 559. The summed E-state index contributed by atoms with van der Waals surface area (Å²) in [6.45, 7) is 2.16. The average molecular weight is 348 g/mol. The number of halogens is 1. The Hall–Kier alpha value is -0.430. The summed E-state index contributed by atoms with van der Waals surface area (Å²) in [6.07, 6.45) is 2.23. The summed E-state index contributed by atoms with van der Waals surface area (Å²) >= 11 is 3.35. The van der Waals surface area contributed by atoms with Crippen molar-refractivity contribution in [2.75, 3.05) is 6.54 Å². The first-order chi connectivity index (χ1) is 8.90. The van der Waals surface area contributed by atoms with Crippen LogP contribution in [-0.2, 0) is 10.0 Å². The van der Waals surface area contributed by atoms with Gasteiger partial charge in [0.25, 0.3) is 0 Å². The Balaban J connectivity index is 2.07. The first-order valence-corrected chi connectivity index (χ1v) is 8.61. The minimum atomic E-state index is -3.49. The number of nitrogens with one attached hydrogen (secondary N) is 1. The largest absolute Gasteiger partial charge is 0.393 e. The third-order valence-corrected chi connectivity index (χ3v) is 5.91. The smallest absolute Gasteiger partial charge is 0.240 e. The lowest BCUT2D eigenvalue weighted by Crippen LogP contribution is -2.32. The lowest BCUT2D eigenvalue weighted by molar-refractivity contribution is 0.134. The molecule has 2 rings (SSSR count). The van der Waals surface area contributed by atoms with E-state index in [4.69, 9.17) is 0 Å². The van der Waals surface area contributed by atoms with Crippen molar-refractivity contribution in [1.82, 2.24) is 4.72 Å². The first-order valence-electron chi connectivity index (χ1n) is 6.34. The summed E-state index contributed by atoms with van der Waals surface area (Å²) in [5, 5.41) is 9.70. The number of benzene rings is 1. The molecule has 1 saturated carbocycles. The van der Waals surface area contributed by atoms with E-state index in [9.17, 15) is 13.5 Å². The second-order valence-electron chi connectivity index (χ2n) is 5.02. The van der Waals surface area contributed by atoms with Gasteiger partial charge in [-0.2, -0.15) is 0 Å². The molecule has 6 heteroatoms. The van der Waals surface area contributed by atoms with Crippen LogP contribution in [0.2, 0.25) is 0 Å². The number of hydrogen-bond donors (Lipinski definition) is 2. The lowest BCUT2D eigenvalue weighted by Gasteiger charge is -2.15. The summed E-state index contributed by atoms with van der Waals surface area (Å²) in [5.74, 6) is 0.0336. The van der Waals surface area contributed by atoms with E-state index in [0.717, 1.165) is 29.3 Å². The molecule has 106 valence electrons. The van der Waals surface area contributed by atoms with Gasteiger partial charge in [0.1, 0.15) is 0 Å². The highest BCUT2D eigenvalue weighted by Crippen LogP contribution is 2.25. The van der Waals surface area contributed by atoms with Crippen LogP contribution in [-0.4, -0.2) is 26.2 Å². The van der Waals surface area contributed by atoms with E-state index in [1.165, 1.54) is 0 Å². The number of aryl methyl sites for hydroxylation is 1. The van der Waals surface area contributed by atoms with E-state index >= 15 is 0 Å². The molecule has 2 unspecified atom stereocenters. The third-order valence-electron chi connectivity index (χ3n) is 3.59. The van der Waals surface area contributed by atoms with Crippen molar-refractivity contribution in [2.24, 2.45) is 5.92 Å². The SMILES string of the molecule is Cc1cc(S(=O)(=O)NCC2CCCC2O)ccc1Br. The predicted octanol–water partition coefficient (Wildman–Crippen LogP) is 2.20. The van der Waals surface area contributed by atoms with E-state index in [2.05, 4.69) is 20.7 Å². The van der Waals surface area contributed by atoms with Gasteiger partial charge in [-0.3, -0.25) is 0 Å². The summed E-state index contributed by atoms with van der Waals surface area (Å²) < 4.78 is 27.8. The topological polar surface area (TPSA) is 66.4 Å². The van der Waals surface area contributed by atoms with Crippen molar-refractivity contribution in [2.45, 2.75) is 37.2 Å². The van der Waals surface area contributed by atoms with Crippen LogP contribution in [0.1, 0.15) is 24.8 Å². The van der Waals surface area contributed by atoms with Gasteiger partial charge in [0.05, 0.1) is 11.0 Å². The monoisotopic (exact) mass is 347 g/mol. The van der Waals surface area contributed by atoms with Crippen molar-refractivity contribution >= 4 is 26.0 Å². The minimum absolute atomic E-state index is 0.0336. The molecule has 19 heavy (non-hydrogen) atoms. The average Bonchev–Trinajstić information content (AvgIpc) is 2.76. The molecule has 1 fully saturated rings. The van der Waals surface area contributed by atoms with Crippen molar-refractivity contribution in [3.8, 4) is 0 Å². The zero-order valence-corrected chi connectivity index (χ0v) is 13.2. The maximum absolute atomic E-state index is 12.2. The highest BCUT2D eigenvalue weighted by Gasteiger charge is 2.26. The number of aliphatic hydroxyl groups is 1. The Kier molecular flexibility index (Phi) is 4.66. The molecular formula is C13H18BrNO3S. The normalized spacial score (nSPS) is 23.7. The lowest BCUT2D eigenvalue weighted by atomic mass is 10.1. The summed E-state index contributed by atoms with van der Waals surface area (Å²) in [5.41, 5.74) is 0.878. The predicted molar refractivity (Wildman–Crippen MR) is 77.4 cm³/mol. The zero-order valence-electron chi connectivity index (χ0n) is 10.8. The molecule has 0 amide bonds. The van der Waals surface area contributed by atoms with Gasteiger partial charge in [0, 0.05) is 11.0 Å². The molecule has 0 aromatic heterocycles. The van der Waals surface area contributed by atoms with Crippen LogP contribution in [0.25, 0.3) is 0 Å². The highest BCUT2D eigenvalue weighted by atomic mass is 79.9. The van der Waals surface area contributed by atoms with Gasteiger partial charge in [-0.1, -0.05) is 22.4 Å². The molecule has 1 aromatic carbocycles. The van der Waals surface area contributed by atoms with E-state index in [1.54, 1.807) is 18.2 Å². The number of rotatable bonds is 4. The van der Waals surface area contributed by atoms with Gasteiger partial charge in [0.2, 0.25) is 10.0 Å². The Morgan fingerprint density at radius 2 is 2.16 bits per heavy atom. The molecule has 1 aromatic rings. The molecule has 0 saturated heterocycles. The number of hydrogen-bond acceptors (Lipinski definition) is 3. The molecule has 1 aliphatic carbocycles. The molecule has 2 atom stereocenters. The van der Waals surface area contributed by atoms with Crippen LogP contribution in [0.4, 0.5) is 0 Å². The van der Waals surface area contributed by atoms with Crippen LogP contribution < -0.4 is 4.72 Å². The van der Waals surface area contributed by atoms with Gasteiger partial charge in [-0.05, 0) is 49.4 Å². The van der Waals surface area contributed by atoms with E-state index < -0.39 is 10.0 Å². The van der Waals surface area contributed by atoms with Crippen LogP contribution >= 0.6 is 15.9 Å². The third kappa shape index (κ3) is 3.56. The van der Waals surface area contributed by atoms with E-state index in [0.29, 0.717) is 6.54 Å². The summed E-state index contributed by atoms with van der Waals surface area (Å²) in [4.78, 5) is 0.265. The van der Waals surface area contributed by atoms with E-state index in [-0.39, 0.29) is 16.9 Å². The van der Waals surface area contributed by atoms with Gasteiger partial charge in [-0.25, -0.2) is 13.1 Å². The van der Waals surface area contributed by atoms with Gasteiger partial charge < -0.3 is 5.11 Å². The van der Waals surface area contributed by atoms with E-state index in [1.807, 2.05) is 6.92 Å². The first kappa shape index (κ1) is 15.0. The molecular weight excluding hydrogens is 330 g/mol. The number of sulfonamides is 1. The Labute approximate surface area is 122 Å². The van der Waals surface area contributed by atoms with Gasteiger partial charge in [-0.15, -0.1) is 0 Å². The summed E-state index contributed by atoms with van der Waals surface area (Å²) in [7, 11) is -3.49. The standard InChI is InChI=1S/C13H18BrNO3S/c1-9-7-11(5-6-12(9)14)19(17,18)15-8-10-3-2-4-13(10)16/h5-7,10,13,15-16H,2-4,8H2,1H3. The fourth-order valence-corrected chi connectivity index (χ4v) is 3.77. The quantitative estimate of drug-likeness (QED) is 0.877. The Morgan fingerprint density at radius 1 is 1.42 bits per heavy atom. The molecule has 0 spiro atoms. The van der Waals surface area contributed by atoms with Crippen LogP contribution in [0.15, 0.2) is 27.6 Å². The fraction of sp³-hybridized carbons (Fsp3) is 0.538. The van der Waals surface area contributed by atoms with Crippen molar-refractivity contribution < 1.29 is 13.5 Å². The van der Waals surface area contributed by atoms with Crippen molar-refractivity contribution in [3.05, 3.63) is 28.2 Å². The van der Waals surface area contributed by atoms with Gasteiger partial charge in [0.15, 0.2) is 0 Å². The van der Waals surface area contributed by atoms with Crippen LogP contribution in [0.5, 0.6) is 0 Å². The van der Waals surface area contributed by atoms with Crippen LogP contribution in [0.3, 0.4) is 0 Å². The summed E-state index contributed by atoms with van der Waals surface area (Å²) in [6, 6.07) is 4.94. The Morgan fingerprint density at radius 3 is 2.74 bits per heavy atom. The number of aliphatic hydroxyl groups excluding tert-OH is 1. The molecule has 2 N–H and O–H groups in total. The van der Waals surface area contributed by atoms with Gasteiger partial charge >= 0.3 is 0 Å². The maximum atomic E-state index is 12.2. The zero-order chi connectivity index (χ0) is 14.0. The molecule has 0 bridgehead atoms. The molecule has 4 nitrogen and oxygen atoms in total. The van der Waals surface area contributed by atoms with Crippen molar-refractivity contribution in [3.63, 3.8) is 0 Å². The minimum Gasteiger partial charge on any atom is -0.393 e. The fourth-order valence-electron chi connectivity index (χ4n) is 2.34. The molecule has 0 radical (unpaired) electrons. The van der Waals surface area contributed by atoms with Crippen molar-refractivity contribution in [1.29, 1.82) is 0 Å². The molecule has 0 aliphatic heterocycles. The molecule has 1 aliphatic rings. The highest BCUT2D eigenvalue weighted by molar-refractivity contribution is 9.10. The second-order valence-corrected chi connectivity index (χ2v) is 7.64. The van der Waals surface area contributed by atoms with Crippen LogP contribution in [0, 0.1) is 12.8 Å². The molecule has 0 heterocycles. The second kappa shape index (κ2) is 5.91. The maximum Gasteiger partial charge on any atom is 0.240 e.